The zero-order valence-corrected chi connectivity index (χ0v) is 10.3. The van der Waals surface area contributed by atoms with Gasteiger partial charge in [0, 0.05) is 24.1 Å². The molecule has 0 amide bonds. The molecule has 1 aromatic rings. The number of hydrogen-bond acceptors (Lipinski definition) is 3. The van der Waals surface area contributed by atoms with Crippen molar-refractivity contribution < 1.29 is 4.74 Å². The van der Waals surface area contributed by atoms with Gasteiger partial charge in [0.25, 0.3) is 0 Å². The van der Waals surface area contributed by atoms with E-state index in [1.54, 1.807) is 0 Å². The Hall–Kier alpha value is -0.380. The maximum atomic E-state index is 5.66. The van der Waals surface area contributed by atoms with Crippen molar-refractivity contribution in [2.75, 3.05) is 6.61 Å². The molecule has 1 aromatic heterocycles. The zero-order valence-electron chi connectivity index (χ0n) is 9.45. The Morgan fingerprint density at radius 2 is 2.53 bits per heavy atom. The van der Waals surface area contributed by atoms with E-state index in [1.165, 1.54) is 23.3 Å². The highest BCUT2D eigenvalue weighted by Gasteiger charge is 2.21. The molecule has 1 aliphatic heterocycles. The van der Waals surface area contributed by atoms with Gasteiger partial charge in [-0.3, -0.25) is 0 Å². The summed E-state index contributed by atoms with van der Waals surface area (Å²) >= 11 is 1.83. The first-order valence-electron chi connectivity index (χ1n) is 5.65. The first kappa shape index (κ1) is 11.1. The largest absolute Gasteiger partial charge is 0.377 e. The molecule has 1 saturated heterocycles. The van der Waals surface area contributed by atoms with Crippen molar-refractivity contribution in [2.45, 2.75) is 45.4 Å². The van der Waals surface area contributed by atoms with Gasteiger partial charge in [0.15, 0.2) is 0 Å². The van der Waals surface area contributed by atoms with Crippen LogP contribution in [-0.2, 0) is 11.3 Å². The third-order valence-corrected chi connectivity index (χ3v) is 4.10. The molecule has 0 aromatic carbocycles. The van der Waals surface area contributed by atoms with Crippen LogP contribution in [0.3, 0.4) is 0 Å². The summed E-state index contributed by atoms with van der Waals surface area (Å²) in [4.78, 5) is 1.44. The standard InChI is InChI=1S/C12H19NOS/c1-9-5-7-15-12(9)8-13-10(2)11-4-3-6-14-11/h5,7,10-11,13H,3-4,6,8H2,1-2H3. The van der Waals surface area contributed by atoms with Gasteiger partial charge in [-0.05, 0) is 43.7 Å². The number of rotatable bonds is 4. The van der Waals surface area contributed by atoms with Crippen LogP contribution in [-0.4, -0.2) is 18.8 Å². The lowest BCUT2D eigenvalue weighted by molar-refractivity contribution is 0.0833. The number of hydrogen-bond donors (Lipinski definition) is 1. The van der Waals surface area contributed by atoms with Crippen LogP contribution in [0.25, 0.3) is 0 Å². The van der Waals surface area contributed by atoms with Crippen molar-refractivity contribution in [2.24, 2.45) is 0 Å². The van der Waals surface area contributed by atoms with Crippen molar-refractivity contribution in [3.8, 4) is 0 Å². The van der Waals surface area contributed by atoms with E-state index >= 15 is 0 Å². The third kappa shape index (κ3) is 2.80. The minimum atomic E-state index is 0.422. The molecule has 1 fully saturated rings. The molecule has 2 nitrogen and oxygen atoms in total. The Morgan fingerprint density at radius 3 is 3.13 bits per heavy atom. The van der Waals surface area contributed by atoms with Crippen molar-refractivity contribution >= 4 is 11.3 Å². The molecule has 2 rings (SSSR count). The average Bonchev–Trinajstić information content (AvgIpc) is 2.85. The highest BCUT2D eigenvalue weighted by atomic mass is 32.1. The van der Waals surface area contributed by atoms with Crippen molar-refractivity contribution in [3.63, 3.8) is 0 Å². The van der Waals surface area contributed by atoms with E-state index in [0.717, 1.165) is 13.2 Å². The lowest BCUT2D eigenvalue weighted by Crippen LogP contribution is -2.36. The van der Waals surface area contributed by atoms with Gasteiger partial charge in [0.2, 0.25) is 0 Å². The Bertz CT molecular complexity index is 304. The average molecular weight is 225 g/mol. The molecule has 0 bridgehead atoms. The SMILES string of the molecule is Cc1ccsc1CNC(C)C1CCCO1. The molecule has 1 aliphatic rings. The second kappa shape index (κ2) is 5.10. The highest BCUT2D eigenvalue weighted by molar-refractivity contribution is 7.10. The van der Waals surface area contributed by atoms with Crippen LogP contribution in [0.4, 0.5) is 0 Å². The van der Waals surface area contributed by atoms with E-state index in [9.17, 15) is 0 Å². The first-order valence-corrected chi connectivity index (χ1v) is 6.53. The lowest BCUT2D eigenvalue weighted by Gasteiger charge is -2.19. The Kier molecular flexibility index (Phi) is 3.78. The van der Waals surface area contributed by atoms with E-state index in [-0.39, 0.29) is 0 Å². The smallest absolute Gasteiger partial charge is 0.0726 e. The second-order valence-corrected chi connectivity index (χ2v) is 5.25. The number of thiophene rings is 1. The van der Waals surface area contributed by atoms with Crippen LogP contribution in [0.5, 0.6) is 0 Å². The Labute approximate surface area is 95.6 Å². The van der Waals surface area contributed by atoms with Crippen LogP contribution in [0.15, 0.2) is 11.4 Å². The predicted molar refractivity (Wildman–Crippen MR) is 64.3 cm³/mol. The molecular weight excluding hydrogens is 206 g/mol. The number of aryl methyl sites for hydroxylation is 1. The van der Waals surface area contributed by atoms with Gasteiger partial charge in [0.05, 0.1) is 6.10 Å². The molecule has 0 radical (unpaired) electrons. The second-order valence-electron chi connectivity index (χ2n) is 4.25. The quantitative estimate of drug-likeness (QED) is 0.850. The minimum absolute atomic E-state index is 0.422. The summed E-state index contributed by atoms with van der Waals surface area (Å²) in [6.45, 7) is 6.31. The maximum absolute atomic E-state index is 5.66. The van der Waals surface area contributed by atoms with Gasteiger partial charge in [-0.1, -0.05) is 0 Å². The molecule has 2 heterocycles. The van der Waals surface area contributed by atoms with E-state index < -0.39 is 0 Å². The Balaban J connectivity index is 1.80. The number of nitrogens with one attached hydrogen (secondary N) is 1. The summed E-state index contributed by atoms with van der Waals surface area (Å²) < 4.78 is 5.66. The lowest BCUT2D eigenvalue weighted by atomic mass is 10.1. The fourth-order valence-corrected chi connectivity index (χ4v) is 2.82. The topological polar surface area (TPSA) is 21.3 Å². The van der Waals surface area contributed by atoms with Crippen LogP contribution in [0.1, 0.15) is 30.2 Å². The van der Waals surface area contributed by atoms with Gasteiger partial charge in [-0.25, -0.2) is 0 Å². The molecule has 3 heteroatoms. The Morgan fingerprint density at radius 1 is 1.67 bits per heavy atom. The van der Waals surface area contributed by atoms with Crippen molar-refractivity contribution in [1.82, 2.24) is 5.32 Å². The molecular formula is C12H19NOS. The van der Waals surface area contributed by atoms with Gasteiger partial charge in [-0.15, -0.1) is 11.3 Å². The molecule has 0 spiro atoms. The zero-order chi connectivity index (χ0) is 10.7. The normalized spacial score (nSPS) is 23.2. The number of ether oxygens (including phenoxy) is 1. The molecule has 84 valence electrons. The summed E-state index contributed by atoms with van der Waals surface area (Å²) in [6.07, 6.45) is 2.84. The summed E-state index contributed by atoms with van der Waals surface area (Å²) in [7, 11) is 0. The monoisotopic (exact) mass is 225 g/mol. The van der Waals surface area contributed by atoms with Crippen LogP contribution < -0.4 is 5.32 Å². The summed E-state index contributed by atoms with van der Waals surface area (Å²) in [5, 5.41) is 5.71. The van der Waals surface area contributed by atoms with Gasteiger partial charge < -0.3 is 10.1 Å². The van der Waals surface area contributed by atoms with Gasteiger partial charge >= 0.3 is 0 Å². The van der Waals surface area contributed by atoms with Crippen LogP contribution in [0, 0.1) is 6.92 Å². The van der Waals surface area contributed by atoms with Crippen molar-refractivity contribution in [3.05, 3.63) is 21.9 Å². The van der Waals surface area contributed by atoms with E-state index in [2.05, 4.69) is 30.6 Å². The summed E-state index contributed by atoms with van der Waals surface area (Å²) in [5.74, 6) is 0. The molecule has 0 saturated carbocycles. The van der Waals surface area contributed by atoms with Gasteiger partial charge in [-0.2, -0.15) is 0 Å². The molecule has 2 unspecified atom stereocenters. The minimum Gasteiger partial charge on any atom is -0.377 e. The third-order valence-electron chi connectivity index (χ3n) is 3.08. The molecule has 2 atom stereocenters. The predicted octanol–water partition coefficient (Wildman–Crippen LogP) is 2.71. The van der Waals surface area contributed by atoms with E-state index in [1.807, 2.05) is 11.3 Å². The van der Waals surface area contributed by atoms with Crippen LogP contribution in [0.2, 0.25) is 0 Å². The fraction of sp³-hybridized carbons (Fsp3) is 0.667. The fourth-order valence-electron chi connectivity index (χ4n) is 1.97. The molecule has 0 aliphatic carbocycles. The van der Waals surface area contributed by atoms with Crippen molar-refractivity contribution in [1.29, 1.82) is 0 Å². The summed E-state index contributed by atoms with van der Waals surface area (Å²) in [5.41, 5.74) is 1.40. The van der Waals surface area contributed by atoms with Crippen LogP contribution >= 0.6 is 11.3 Å². The molecule has 15 heavy (non-hydrogen) atoms. The highest BCUT2D eigenvalue weighted by Crippen LogP contribution is 2.18. The van der Waals surface area contributed by atoms with E-state index in [4.69, 9.17) is 4.74 Å². The molecule has 1 N–H and O–H groups in total. The maximum Gasteiger partial charge on any atom is 0.0726 e. The summed E-state index contributed by atoms with van der Waals surface area (Å²) in [6, 6.07) is 2.65. The van der Waals surface area contributed by atoms with E-state index in [0.29, 0.717) is 12.1 Å². The van der Waals surface area contributed by atoms with Gasteiger partial charge in [0.1, 0.15) is 0 Å². The first-order chi connectivity index (χ1) is 7.27.